The first kappa shape index (κ1) is 15.7. The van der Waals surface area contributed by atoms with Crippen molar-refractivity contribution < 1.29 is 27.9 Å². The van der Waals surface area contributed by atoms with E-state index >= 15 is 0 Å². The summed E-state index contributed by atoms with van der Waals surface area (Å²) in [6.07, 6.45) is 0. The number of sulfonamides is 1. The predicted molar refractivity (Wildman–Crippen MR) is 82.4 cm³/mol. The maximum Gasteiger partial charge on any atom is 0.335 e. The van der Waals surface area contributed by atoms with Gasteiger partial charge in [-0.2, -0.15) is 0 Å². The van der Waals surface area contributed by atoms with E-state index in [2.05, 4.69) is 10.0 Å². The van der Waals surface area contributed by atoms with Gasteiger partial charge in [-0.05, 0) is 42.5 Å². The molecule has 0 spiro atoms. The molecule has 24 heavy (non-hydrogen) atoms. The number of imide groups is 1. The van der Waals surface area contributed by atoms with E-state index in [1.54, 1.807) is 0 Å². The Morgan fingerprint density at radius 1 is 0.958 bits per heavy atom. The Morgan fingerprint density at radius 2 is 1.58 bits per heavy atom. The Kier molecular flexibility index (Phi) is 3.57. The van der Waals surface area contributed by atoms with E-state index in [9.17, 15) is 22.8 Å². The maximum absolute atomic E-state index is 12.4. The highest BCUT2D eigenvalue weighted by molar-refractivity contribution is 7.92. The van der Waals surface area contributed by atoms with Gasteiger partial charge in [0.2, 0.25) is 0 Å². The Balaban J connectivity index is 1.91. The van der Waals surface area contributed by atoms with Crippen molar-refractivity contribution in [2.24, 2.45) is 0 Å². The van der Waals surface area contributed by atoms with Crippen LogP contribution in [0.3, 0.4) is 0 Å². The van der Waals surface area contributed by atoms with Crippen molar-refractivity contribution in [2.45, 2.75) is 4.90 Å². The number of hydrogen-bond acceptors (Lipinski definition) is 5. The van der Waals surface area contributed by atoms with Gasteiger partial charge in [0.05, 0.1) is 21.6 Å². The molecule has 0 unspecified atom stereocenters. The summed E-state index contributed by atoms with van der Waals surface area (Å²) < 4.78 is 27.0. The van der Waals surface area contributed by atoms with Crippen molar-refractivity contribution in [1.29, 1.82) is 0 Å². The Bertz CT molecular complexity index is 980. The second kappa shape index (κ2) is 5.46. The van der Waals surface area contributed by atoms with E-state index in [4.69, 9.17) is 5.11 Å². The summed E-state index contributed by atoms with van der Waals surface area (Å²) in [5.41, 5.74) is 0.292. The molecule has 1 heterocycles. The smallest absolute Gasteiger partial charge is 0.335 e. The summed E-state index contributed by atoms with van der Waals surface area (Å²) in [6, 6.07) is 8.73. The van der Waals surface area contributed by atoms with Crippen LogP contribution in [0.4, 0.5) is 5.69 Å². The molecule has 1 aliphatic heterocycles. The fraction of sp³-hybridized carbons (Fsp3) is 0. The number of rotatable bonds is 4. The highest BCUT2D eigenvalue weighted by atomic mass is 32.2. The van der Waals surface area contributed by atoms with Gasteiger partial charge < -0.3 is 5.11 Å². The van der Waals surface area contributed by atoms with Crippen LogP contribution in [0.15, 0.2) is 47.4 Å². The average Bonchev–Trinajstić information content (AvgIpc) is 2.82. The molecule has 0 saturated heterocycles. The van der Waals surface area contributed by atoms with Crippen LogP contribution >= 0.6 is 0 Å². The zero-order valence-electron chi connectivity index (χ0n) is 11.9. The Labute approximate surface area is 136 Å². The number of benzene rings is 2. The van der Waals surface area contributed by atoms with Gasteiger partial charge >= 0.3 is 5.97 Å². The molecule has 0 aromatic heterocycles. The first-order valence-corrected chi connectivity index (χ1v) is 8.12. The quantitative estimate of drug-likeness (QED) is 0.710. The normalized spacial score (nSPS) is 13.3. The van der Waals surface area contributed by atoms with Gasteiger partial charge in [-0.1, -0.05) is 0 Å². The van der Waals surface area contributed by atoms with Crippen LogP contribution in [-0.2, 0) is 10.0 Å². The van der Waals surface area contributed by atoms with Gasteiger partial charge in [0, 0.05) is 5.69 Å². The van der Waals surface area contributed by atoms with Crippen LogP contribution in [0.5, 0.6) is 0 Å². The van der Waals surface area contributed by atoms with Crippen LogP contribution in [-0.4, -0.2) is 31.3 Å². The van der Waals surface area contributed by atoms with Crippen LogP contribution in [0.25, 0.3) is 0 Å². The molecule has 0 radical (unpaired) electrons. The second-order valence-corrected chi connectivity index (χ2v) is 6.66. The molecular formula is C15H10N2O6S. The number of nitrogens with one attached hydrogen (secondary N) is 2. The summed E-state index contributed by atoms with van der Waals surface area (Å²) in [5.74, 6) is -2.35. The third kappa shape index (κ3) is 2.72. The summed E-state index contributed by atoms with van der Waals surface area (Å²) >= 11 is 0. The second-order valence-electron chi connectivity index (χ2n) is 4.98. The van der Waals surface area contributed by atoms with Crippen LogP contribution in [0.1, 0.15) is 31.1 Å². The molecule has 0 bridgehead atoms. The Hall–Kier alpha value is -3.20. The minimum absolute atomic E-state index is 0.0101. The van der Waals surface area contributed by atoms with E-state index in [1.807, 2.05) is 0 Å². The number of aromatic carboxylic acids is 1. The number of carbonyl (C=O) groups excluding carboxylic acids is 2. The molecule has 8 nitrogen and oxygen atoms in total. The largest absolute Gasteiger partial charge is 0.478 e. The highest BCUT2D eigenvalue weighted by Crippen LogP contribution is 2.22. The number of anilines is 1. The van der Waals surface area contributed by atoms with Crippen molar-refractivity contribution in [3.05, 3.63) is 59.2 Å². The van der Waals surface area contributed by atoms with Crippen molar-refractivity contribution in [3.8, 4) is 0 Å². The minimum atomic E-state index is -4.00. The van der Waals surface area contributed by atoms with E-state index in [1.165, 1.54) is 36.4 Å². The molecule has 0 atom stereocenters. The molecule has 2 aromatic rings. The number of carbonyl (C=O) groups is 3. The van der Waals surface area contributed by atoms with Gasteiger partial charge in [-0.3, -0.25) is 19.6 Å². The number of carboxylic acid groups (broad SMARTS) is 1. The van der Waals surface area contributed by atoms with E-state index < -0.39 is 27.8 Å². The number of amides is 2. The van der Waals surface area contributed by atoms with Gasteiger partial charge in [0.25, 0.3) is 21.8 Å². The monoisotopic (exact) mass is 346 g/mol. The SMILES string of the molecule is O=C(O)c1ccc(NS(=O)(=O)c2ccc3c(c2)C(=O)NC3=O)cc1. The molecule has 0 fully saturated rings. The zero-order chi connectivity index (χ0) is 17.5. The standard InChI is InChI=1S/C15H10N2O6S/c18-13-11-6-5-10(7-12(11)14(19)16-13)24(22,23)17-9-3-1-8(2-4-9)15(20)21/h1-7,17H,(H,20,21)(H,16,18,19). The molecule has 3 rings (SSSR count). The summed E-state index contributed by atoms with van der Waals surface area (Å²) in [6.45, 7) is 0. The lowest BCUT2D eigenvalue weighted by Gasteiger charge is -2.09. The molecule has 3 N–H and O–H groups in total. The van der Waals surface area contributed by atoms with Crippen molar-refractivity contribution >= 4 is 33.5 Å². The first-order chi connectivity index (χ1) is 11.3. The molecule has 0 aliphatic carbocycles. The number of fused-ring (bicyclic) bond motifs is 1. The summed E-state index contributed by atoms with van der Waals surface area (Å²) in [5, 5.41) is 10.9. The van der Waals surface area contributed by atoms with E-state index in [0.717, 1.165) is 6.07 Å². The third-order valence-electron chi connectivity index (χ3n) is 3.40. The Morgan fingerprint density at radius 3 is 2.21 bits per heavy atom. The molecule has 1 aliphatic rings. The lowest BCUT2D eigenvalue weighted by Crippen LogP contribution is -2.19. The maximum atomic E-state index is 12.4. The fourth-order valence-corrected chi connectivity index (χ4v) is 3.29. The minimum Gasteiger partial charge on any atom is -0.478 e. The van der Waals surface area contributed by atoms with E-state index in [0.29, 0.717) is 0 Å². The van der Waals surface area contributed by atoms with Crippen LogP contribution in [0.2, 0.25) is 0 Å². The number of hydrogen-bond donors (Lipinski definition) is 3. The predicted octanol–water partition coefficient (Wildman–Crippen LogP) is 1.07. The first-order valence-electron chi connectivity index (χ1n) is 6.64. The topological polar surface area (TPSA) is 130 Å². The highest BCUT2D eigenvalue weighted by Gasteiger charge is 2.28. The van der Waals surface area contributed by atoms with E-state index in [-0.39, 0.29) is 27.3 Å². The molecule has 122 valence electrons. The molecular weight excluding hydrogens is 336 g/mol. The van der Waals surface area contributed by atoms with Gasteiger partial charge in [-0.25, -0.2) is 13.2 Å². The lowest BCUT2D eigenvalue weighted by atomic mass is 10.1. The zero-order valence-corrected chi connectivity index (χ0v) is 12.8. The molecule has 2 amide bonds. The van der Waals surface area contributed by atoms with Crippen molar-refractivity contribution in [2.75, 3.05) is 4.72 Å². The molecule has 9 heteroatoms. The number of carboxylic acids is 1. The lowest BCUT2D eigenvalue weighted by molar-refractivity contribution is 0.0696. The molecule has 2 aromatic carbocycles. The van der Waals surface area contributed by atoms with Gasteiger partial charge in [0.1, 0.15) is 0 Å². The van der Waals surface area contributed by atoms with Gasteiger partial charge in [0.15, 0.2) is 0 Å². The van der Waals surface area contributed by atoms with Crippen LogP contribution < -0.4 is 10.0 Å². The van der Waals surface area contributed by atoms with Gasteiger partial charge in [-0.15, -0.1) is 0 Å². The fourth-order valence-electron chi connectivity index (χ4n) is 2.21. The average molecular weight is 346 g/mol. The summed E-state index contributed by atoms with van der Waals surface area (Å²) in [7, 11) is -4.00. The third-order valence-corrected chi connectivity index (χ3v) is 4.78. The summed E-state index contributed by atoms with van der Waals surface area (Å²) in [4.78, 5) is 33.7. The van der Waals surface area contributed by atoms with Crippen molar-refractivity contribution in [1.82, 2.24) is 5.32 Å². The van der Waals surface area contributed by atoms with Crippen LogP contribution in [0, 0.1) is 0 Å². The molecule has 0 saturated carbocycles. The van der Waals surface area contributed by atoms with Crippen molar-refractivity contribution in [3.63, 3.8) is 0 Å².